The second-order valence-corrected chi connectivity index (χ2v) is 5.05. The van der Waals surface area contributed by atoms with Crippen LogP contribution in [0.2, 0.25) is 0 Å². The number of thioether (sulfide) groups is 1. The van der Waals surface area contributed by atoms with Crippen LogP contribution in [0, 0.1) is 0 Å². The van der Waals surface area contributed by atoms with E-state index < -0.39 is 0 Å². The van der Waals surface area contributed by atoms with Crippen molar-refractivity contribution >= 4 is 28.9 Å². The van der Waals surface area contributed by atoms with Gasteiger partial charge in [0.05, 0.1) is 26.2 Å². The highest BCUT2D eigenvalue weighted by Crippen LogP contribution is 2.41. The summed E-state index contributed by atoms with van der Waals surface area (Å²) >= 11 is 1.28. The van der Waals surface area contributed by atoms with E-state index >= 15 is 0 Å². The van der Waals surface area contributed by atoms with E-state index in [-0.39, 0.29) is 5.91 Å². The molecule has 0 aromatic heterocycles. The number of nitrogens with zero attached hydrogens (tertiary/aromatic N) is 1. The number of amides is 1. The van der Waals surface area contributed by atoms with Gasteiger partial charge in [-0.2, -0.15) is 0 Å². The van der Waals surface area contributed by atoms with Gasteiger partial charge in [0.25, 0.3) is 5.91 Å². The molecule has 112 valence electrons. The molecule has 1 aromatic rings. The first-order valence-corrected chi connectivity index (χ1v) is 6.92. The smallest absolute Gasteiger partial charge is 0.264 e. The molecule has 1 fully saturated rings. The maximum Gasteiger partial charge on any atom is 0.264 e. The van der Waals surface area contributed by atoms with Gasteiger partial charge in [0.2, 0.25) is 5.75 Å². The zero-order chi connectivity index (χ0) is 15.4. The lowest BCUT2D eigenvalue weighted by Gasteiger charge is -2.14. The first-order chi connectivity index (χ1) is 10.1. The summed E-state index contributed by atoms with van der Waals surface area (Å²) in [5.74, 6) is 1.38. The number of aliphatic imine (C=N–C) groups is 1. The lowest BCUT2D eigenvalue weighted by atomic mass is 10.1. The third kappa shape index (κ3) is 2.97. The third-order valence-corrected chi connectivity index (χ3v) is 3.88. The summed E-state index contributed by atoms with van der Waals surface area (Å²) in [5.41, 5.74) is 0.727. The second kappa shape index (κ2) is 6.53. The Kier molecular flexibility index (Phi) is 4.74. The van der Waals surface area contributed by atoms with Crippen LogP contribution in [0.15, 0.2) is 22.0 Å². The molecule has 2 rings (SSSR count). The van der Waals surface area contributed by atoms with Gasteiger partial charge >= 0.3 is 0 Å². The van der Waals surface area contributed by atoms with Crippen molar-refractivity contribution in [2.24, 2.45) is 4.99 Å². The third-order valence-electron chi connectivity index (χ3n) is 2.88. The zero-order valence-electron chi connectivity index (χ0n) is 12.2. The molecule has 1 heterocycles. The highest BCUT2D eigenvalue weighted by Gasteiger charge is 2.24. The minimum atomic E-state index is -0.183. The van der Waals surface area contributed by atoms with E-state index in [4.69, 9.17) is 14.2 Å². The monoisotopic (exact) mass is 308 g/mol. The van der Waals surface area contributed by atoms with Gasteiger partial charge in [-0.25, -0.2) is 0 Å². The Bertz CT molecular complexity index is 626. The molecule has 1 aromatic carbocycles. The fraction of sp³-hybridized carbons (Fsp3) is 0.286. The molecular weight excluding hydrogens is 292 g/mol. The predicted molar refractivity (Wildman–Crippen MR) is 83.2 cm³/mol. The van der Waals surface area contributed by atoms with E-state index in [2.05, 4.69) is 10.3 Å². The Balaban J connectivity index is 2.48. The quantitative estimate of drug-likeness (QED) is 0.860. The number of nitrogens with one attached hydrogen (secondary N) is 1. The molecule has 1 amide bonds. The molecule has 1 aliphatic heterocycles. The van der Waals surface area contributed by atoms with Crippen LogP contribution in [-0.4, -0.2) is 39.5 Å². The van der Waals surface area contributed by atoms with Gasteiger partial charge in [0.1, 0.15) is 0 Å². The molecular formula is C14H16N2O4S. The lowest BCUT2D eigenvalue weighted by Crippen LogP contribution is -2.19. The van der Waals surface area contributed by atoms with Gasteiger partial charge in [-0.3, -0.25) is 9.79 Å². The fourth-order valence-electron chi connectivity index (χ4n) is 1.91. The van der Waals surface area contributed by atoms with E-state index in [1.165, 1.54) is 18.9 Å². The van der Waals surface area contributed by atoms with Crippen molar-refractivity contribution < 1.29 is 19.0 Å². The molecule has 0 saturated carbocycles. The normalized spacial score (nSPS) is 18.0. The van der Waals surface area contributed by atoms with Crippen LogP contribution in [-0.2, 0) is 4.79 Å². The molecule has 1 N–H and O–H groups in total. The fourth-order valence-corrected chi connectivity index (χ4v) is 2.68. The van der Waals surface area contributed by atoms with E-state index in [1.54, 1.807) is 33.4 Å². The van der Waals surface area contributed by atoms with Crippen molar-refractivity contribution in [3.63, 3.8) is 0 Å². The highest BCUT2D eigenvalue weighted by atomic mass is 32.2. The standard InChI is InChI=1S/C14H16N2O4S/c1-15-14-16-13(17)10(21-14)7-8-5-6-9(18-2)12(20-4)11(8)19-3/h5-7H,1-4H3,(H,15,16,17)/b10-7-. The second-order valence-electron chi connectivity index (χ2n) is 4.02. The molecule has 1 aliphatic rings. The minimum absolute atomic E-state index is 0.183. The molecule has 0 radical (unpaired) electrons. The summed E-state index contributed by atoms with van der Waals surface area (Å²) in [6, 6.07) is 3.57. The molecule has 0 aliphatic carbocycles. The Labute approximate surface area is 127 Å². The average Bonchev–Trinajstić information content (AvgIpc) is 2.86. The van der Waals surface area contributed by atoms with Crippen LogP contribution >= 0.6 is 11.8 Å². The first-order valence-electron chi connectivity index (χ1n) is 6.11. The number of ether oxygens (including phenoxy) is 3. The number of hydrogen-bond donors (Lipinski definition) is 1. The summed E-state index contributed by atoms with van der Waals surface area (Å²) in [4.78, 5) is 16.4. The molecule has 7 heteroatoms. The van der Waals surface area contributed by atoms with Crippen LogP contribution in [0.1, 0.15) is 5.56 Å². The maximum atomic E-state index is 11.8. The van der Waals surface area contributed by atoms with Crippen molar-refractivity contribution in [1.29, 1.82) is 0 Å². The van der Waals surface area contributed by atoms with E-state index in [9.17, 15) is 4.79 Å². The maximum absolute atomic E-state index is 11.8. The predicted octanol–water partition coefficient (Wildman–Crippen LogP) is 1.90. The Hall–Kier alpha value is -2.15. The first kappa shape index (κ1) is 15.2. The molecule has 0 unspecified atom stereocenters. The molecule has 21 heavy (non-hydrogen) atoms. The van der Waals surface area contributed by atoms with Gasteiger partial charge in [0.15, 0.2) is 16.7 Å². The largest absolute Gasteiger partial charge is 0.493 e. The van der Waals surface area contributed by atoms with Gasteiger partial charge in [-0.15, -0.1) is 0 Å². The van der Waals surface area contributed by atoms with Crippen LogP contribution < -0.4 is 19.5 Å². The van der Waals surface area contributed by atoms with Gasteiger partial charge in [-0.05, 0) is 30.0 Å². The number of hydrogen-bond acceptors (Lipinski definition) is 6. The number of amidine groups is 1. The number of benzene rings is 1. The Morgan fingerprint density at radius 1 is 1.14 bits per heavy atom. The van der Waals surface area contributed by atoms with Crippen molar-refractivity contribution in [3.8, 4) is 17.2 Å². The molecule has 1 saturated heterocycles. The highest BCUT2D eigenvalue weighted by molar-refractivity contribution is 8.18. The van der Waals surface area contributed by atoms with Crippen molar-refractivity contribution in [1.82, 2.24) is 5.32 Å². The van der Waals surface area contributed by atoms with Crippen molar-refractivity contribution in [2.45, 2.75) is 0 Å². The van der Waals surface area contributed by atoms with Crippen LogP contribution in [0.3, 0.4) is 0 Å². The lowest BCUT2D eigenvalue weighted by molar-refractivity contribution is -0.115. The van der Waals surface area contributed by atoms with Crippen LogP contribution in [0.25, 0.3) is 6.08 Å². The van der Waals surface area contributed by atoms with Gasteiger partial charge in [-0.1, -0.05) is 0 Å². The summed E-state index contributed by atoms with van der Waals surface area (Å²) in [6.07, 6.45) is 1.74. The average molecular weight is 308 g/mol. The summed E-state index contributed by atoms with van der Waals surface area (Å²) in [6.45, 7) is 0. The van der Waals surface area contributed by atoms with Crippen LogP contribution in [0.5, 0.6) is 17.2 Å². The molecule has 0 atom stereocenters. The SMILES string of the molecule is CN=C1NC(=O)/C(=C/c2ccc(OC)c(OC)c2OC)S1. The summed E-state index contributed by atoms with van der Waals surface area (Å²) in [7, 11) is 6.26. The number of carbonyl (C=O) groups excluding carboxylic acids is 1. The van der Waals surface area contributed by atoms with E-state index in [1.807, 2.05) is 6.07 Å². The number of rotatable bonds is 4. The number of carbonyl (C=O) groups is 1. The molecule has 0 bridgehead atoms. The molecule has 0 spiro atoms. The Morgan fingerprint density at radius 2 is 1.86 bits per heavy atom. The molecule has 6 nitrogen and oxygen atoms in total. The summed E-state index contributed by atoms with van der Waals surface area (Å²) < 4.78 is 15.9. The summed E-state index contributed by atoms with van der Waals surface area (Å²) in [5, 5.41) is 3.25. The zero-order valence-corrected chi connectivity index (χ0v) is 13.0. The van der Waals surface area contributed by atoms with Gasteiger partial charge in [0, 0.05) is 12.6 Å². The van der Waals surface area contributed by atoms with Crippen molar-refractivity contribution in [3.05, 3.63) is 22.6 Å². The van der Waals surface area contributed by atoms with Gasteiger partial charge < -0.3 is 19.5 Å². The minimum Gasteiger partial charge on any atom is -0.493 e. The topological polar surface area (TPSA) is 69.2 Å². The Morgan fingerprint density at radius 3 is 2.38 bits per heavy atom. The number of methoxy groups -OCH3 is 3. The van der Waals surface area contributed by atoms with Crippen LogP contribution in [0.4, 0.5) is 0 Å². The van der Waals surface area contributed by atoms with Crippen molar-refractivity contribution in [2.75, 3.05) is 28.4 Å². The van der Waals surface area contributed by atoms with E-state index in [0.29, 0.717) is 27.3 Å². The van der Waals surface area contributed by atoms with E-state index in [0.717, 1.165) is 5.56 Å².